The quantitative estimate of drug-likeness (QED) is 0.514. The van der Waals surface area contributed by atoms with Gasteiger partial charge < -0.3 is 9.47 Å². The van der Waals surface area contributed by atoms with E-state index in [2.05, 4.69) is 9.47 Å². The molecule has 0 aliphatic rings. The van der Waals surface area contributed by atoms with E-state index in [0.29, 0.717) is 0 Å². The van der Waals surface area contributed by atoms with Crippen molar-refractivity contribution in [2.75, 3.05) is 0 Å². The average Bonchev–Trinajstić information content (AvgIpc) is 2.28. The predicted molar refractivity (Wildman–Crippen MR) is 56.6 cm³/mol. The first-order valence-electron chi connectivity index (χ1n) is 5.46. The van der Waals surface area contributed by atoms with E-state index in [9.17, 15) is 19.2 Å². The summed E-state index contributed by atoms with van der Waals surface area (Å²) < 4.78 is 8.77. The molecular formula is C11H16O6. The van der Waals surface area contributed by atoms with Crippen LogP contribution < -0.4 is 0 Å². The van der Waals surface area contributed by atoms with E-state index >= 15 is 0 Å². The maximum Gasteiger partial charge on any atom is 0.313 e. The van der Waals surface area contributed by atoms with Crippen LogP contribution in [-0.2, 0) is 28.7 Å². The molecule has 0 saturated heterocycles. The lowest BCUT2D eigenvalue weighted by Crippen LogP contribution is -2.13. The molecule has 0 heterocycles. The molecule has 6 nitrogen and oxygen atoms in total. The van der Waals surface area contributed by atoms with Crippen LogP contribution in [-0.4, -0.2) is 23.9 Å². The van der Waals surface area contributed by atoms with Gasteiger partial charge in [0.1, 0.15) is 0 Å². The van der Waals surface area contributed by atoms with E-state index in [-0.39, 0.29) is 32.1 Å². The second kappa shape index (κ2) is 8.43. The lowest BCUT2D eigenvalue weighted by molar-refractivity contribution is -0.159. The molecular weight excluding hydrogens is 228 g/mol. The molecule has 0 aromatic rings. The number of ether oxygens (including phenoxy) is 2. The molecule has 0 amide bonds. The van der Waals surface area contributed by atoms with Crippen molar-refractivity contribution in [1.82, 2.24) is 0 Å². The Balaban J connectivity index is 3.69. The van der Waals surface area contributed by atoms with Crippen LogP contribution in [0.25, 0.3) is 0 Å². The first-order chi connectivity index (χ1) is 7.99. The average molecular weight is 244 g/mol. The van der Waals surface area contributed by atoms with E-state index in [1.807, 2.05) is 0 Å². The van der Waals surface area contributed by atoms with Crippen molar-refractivity contribution < 1.29 is 28.7 Å². The van der Waals surface area contributed by atoms with Gasteiger partial charge in [0.05, 0.1) is 0 Å². The van der Waals surface area contributed by atoms with E-state index in [1.165, 1.54) is 0 Å². The van der Waals surface area contributed by atoms with Crippen molar-refractivity contribution in [3.8, 4) is 0 Å². The fraction of sp³-hybridized carbons (Fsp3) is 0.636. The molecule has 0 bridgehead atoms. The van der Waals surface area contributed by atoms with Gasteiger partial charge in [0, 0.05) is 25.7 Å². The highest BCUT2D eigenvalue weighted by molar-refractivity contribution is 5.86. The number of hydrogen-bond donors (Lipinski definition) is 0. The number of rotatable bonds is 6. The topological polar surface area (TPSA) is 86.7 Å². The Hall–Kier alpha value is -1.72. The summed E-state index contributed by atoms with van der Waals surface area (Å²) in [4.78, 5) is 43.5. The fourth-order valence-electron chi connectivity index (χ4n) is 0.877. The van der Waals surface area contributed by atoms with Gasteiger partial charge >= 0.3 is 23.9 Å². The maximum absolute atomic E-state index is 11.0. The number of hydrogen-bond acceptors (Lipinski definition) is 6. The maximum atomic E-state index is 11.0. The number of carbonyl (C=O) groups is 4. The van der Waals surface area contributed by atoms with Crippen molar-refractivity contribution in [2.24, 2.45) is 0 Å². The molecule has 0 aliphatic heterocycles. The zero-order chi connectivity index (χ0) is 13.3. The summed E-state index contributed by atoms with van der Waals surface area (Å²) in [6.07, 6.45) is 0.325. The summed E-state index contributed by atoms with van der Waals surface area (Å²) in [5.41, 5.74) is 0. The molecule has 0 radical (unpaired) electrons. The predicted octanol–water partition coefficient (Wildman–Crippen LogP) is 1.12. The molecule has 0 N–H and O–H groups in total. The zero-order valence-corrected chi connectivity index (χ0v) is 9.99. The van der Waals surface area contributed by atoms with Gasteiger partial charge in [-0.05, 0) is 6.42 Å². The van der Waals surface area contributed by atoms with Crippen LogP contribution in [0.1, 0.15) is 46.0 Å². The Morgan fingerprint density at radius 3 is 1.35 bits per heavy atom. The third kappa shape index (κ3) is 8.12. The molecule has 0 atom stereocenters. The summed E-state index contributed by atoms with van der Waals surface area (Å²) in [5, 5.41) is 0. The molecule has 96 valence electrons. The Bertz CT molecular complexity index is 277. The van der Waals surface area contributed by atoms with E-state index in [4.69, 9.17) is 0 Å². The molecule has 0 aromatic heterocycles. The van der Waals surface area contributed by atoms with Gasteiger partial charge in [-0.2, -0.15) is 0 Å². The van der Waals surface area contributed by atoms with Crippen molar-refractivity contribution in [3.05, 3.63) is 0 Å². The van der Waals surface area contributed by atoms with E-state index in [0.717, 1.165) is 0 Å². The first kappa shape index (κ1) is 15.3. The van der Waals surface area contributed by atoms with Crippen LogP contribution in [0.5, 0.6) is 0 Å². The van der Waals surface area contributed by atoms with Crippen LogP contribution in [0.15, 0.2) is 0 Å². The Kier molecular flexibility index (Phi) is 7.58. The summed E-state index contributed by atoms with van der Waals surface area (Å²) >= 11 is 0. The summed E-state index contributed by atoms with van der Waals surface area (Å²) in [6, 6.07) is 0. The lowest BCUT2D eigenvalue weighted by Gasteiger charge is -2.02. The Morgan fingerprint density at radius 2 is 1.06 bits per heavy atom. The van der Waals surface area contributed by atoms with Gasteiger partial charge in [-0.25, -0.2) is 0 Å². The van der Waals surface area contributed by atoms with E-state index in [1.54, 1.807) is 13.8 Å². The summed E-state index contributed by atoms with van der Waals surface area (Å²) in [6.45, 7) is 3.15. The first-order valence-corrected chi connectivity index (χ1v) is 5.46. The van der Waals surface area contributed by atoms with Crippen LogP contribution >= 0.6 is 0 Å². The lowest BCUT2D eigenvalue weighted by atomic mass is 10.2. The SMILES string of the molecule is CCC(=O)OC(=O)CCCC(=O)OC(=O)CC. The van der Waals surface area contributed by atoms with Crippen molar-refractivity contribution in [3.63, 3.8) is 0 Å². The smallest absolute Gasteiger partial charge is 0.313 e. The monoisotopic (exact) mass is 244 g/mol. The summed E-state index contributed by atoms with van der Waals surface area (Å²) in [7, 11) is 0. The molecule has 0 rings (SSSR count). The van der Waals surface area contributed by atoms with Crippen LogP contribution in [0.4, 0.5) is 0 Å². The molecule has 17 heavy (non-hydrogen) atoms. The second-order valence-electron chi connectivity index (χ2n) is 3.25. The summed E-state index contributed by atoms with van der Waals surface area (Å²) in [5.74, 6) is -2.55. The highest BCUT2D eigenvalue weighted by Crippen LogP contribution is 2.01. The molecule has 0 fully saturated rings. The molecule has 0 saturated carbocycles. The minimum absolute atomic E-state index is 0.0544. The molecule has 0 aliphatic carbocycles. The van der Waals surface area contributed by atoms with Crippen molar-refractivity contribution in [2.45, 2.75) is 46.0 Å². The standard InChI is InChI=1S/C11H16O6/c1-3-8(12)16-10(14)6-5-7-11(15)17-9(13)4-2/h3-7H2,1-2H3. The van der Waals surface area contributed by atoms with Gasteiger partial charge in [-0.15, -0.1) is 0 Å². The molecule has 0 aromatic carbocycles. The normalized spacial score (nSPS) is 9.53. The minimum atomic E-state index is -0.675. The molecule has 0 spiro atoms. The number of esters is 4. The molecule has 6 heteroatoms. The van der Waals surface area contributed by atoms with Crippen LogP contribution in [0.2, 0.25) is 0 Å². The highest BCUT2D eigenvalue weighted by atomic mass is 16.6. The van der Waals surface area contributed by atoms with Crippen LogP contribution in [0.3, 0.4) is 0 Å². The van der Waals surface area contributed by atoms with Gasteiger partial charge in [0.25, 0.3) is 0 Å². The fourth-order valence-corrected chi connectivity index (χ4v) is 0.877. The third-order valence-corrected chi connectivity index (χ3v) is 1.79. The third-order valence-electron chi connectivity index (χ3n) is 1.79. The highest BCUT2D eigenvalue weighted by Gasteiger charge is 2.12. The minimum Gasteiger partial charge on any atom is -0.393 e. The van der Waals surface area contributed by atoms with Gasteiger partial charge in [-0.1, -0.05) is 13.8 Å². The van der Waals surface area contributed by atoms with Gasteiger partial charge in [0.2, 0.25) is 0 Å². The van der Waals surface area contributed by atoms with Gasteiger partial charge in [-0.3, -0.25) is 19.2 Å². The molecule has 0 unspecified atom stereocenters. The zero-order valence-electron chi connectivity index (χ0n) is 9.99. The Morgan fingerprint density at radius 1 is 0.706 bits per heavy atom. The van der Waals surface area contributed by atoms with Crippen LogP contribution in [0, 0.1) is 0 Å². The Labute approximate surface area is 99.3 Å². The van der Waals surface area contributed by atoms with E-state index < -0.39 is 23.9 Å². The second-order valence-corrected chi connectivity index (χ2v) is 3.25. The largest absolute Gasteiger partial charge is 0.393 e. The van der Waals surface area contributed by atoms with Gasteiger partial charge in [0.15, 0.2) is 0 Å². The number of carbonyl (C=O) groups excluding carboxylic acids is 4. The van der Waals surface area contributed by atoms with Crippen molar-refractivity contribution >= 4 is 23.9 Å². The van der Waals surface area contributed by atoms with Crippen molar-refractivity contribution in [1.29, 1.82) is 0 Å².